The lowest BCUT2D eigenvalue weighted by Crippen LogP contribution is -2.44. The molecular formula is C17H21FN2O3S. The lowest BCUT2D eigenvalue weighted by molar-refractivity contribution is 0.0847. The van der Waals surface area contributed by atoms with Gasteiger partial charge in [-0.25, -0.2) is 9.18 Å². The molecule has 24 heavy (non-hydrogen) atoms. The summed E-state index contributed by atoms with van der Waals surface area (Å²) in [5.41, 5.74) is 0. The Hall–Kier alpha value is -1.91. The van der Waals surface area contributed by atoms with Gasteiger partial charge in [0, 0.05) is 25.4 Å². The normalized spacial score (nSPS) is 17.9. The van der Waals surface area contributed by atoms with Crippen LogP contribution in [0.3, 0.4) is 0 Å². The third kappa shape index (κ3) is 5.32. The summed E-state index contributed by atoms with van der Waals surface area (Å²) in [6.45, 7) is 1.50. The number of terminal acetylenes is 1. The summed E-state index contributed by atoms with van der Waals surface area (Å²) in [4.78, 5) is 13.8. The molecule has 1 heterocycles. The number of urea groups is 1. The van der Waals surface area contributed by atoms with Crippen LogP contribution in [0.15, 0.2) is 29.2 Å². The SMILES string of the molecule is C#CCN(C[C@@H]1CCCO1)C(=O)NCC[S@@](=O)c1ccccc1F. The monoisotopic (exact) mass is 352 g/mol. The number of nitrogens with zero attached hydrogens (tertiary/aromatic N) is 1. The first kappa shape index (κ1) is 18.4. The molecule has 2 rings (SSSR count). The lowest BCUT2D eigenvalue weighted by Gasteiger charge is -2.23. The molecule has 2 amide bonds. The van der Waals surface area contributed by atoms with Crippen LogP contribution < -0.4 is 5.32 Å². The number of benzene rings is 1. The molecule has 1 fully saturated rings. The largest absolute Gasteiger partial charge is 0.376 e. The maximum atomic E-state index is 13.6. The van der Waals surface area contributed by atoms with Gasteiger partial charge in [-0.1, -0.05) is 18.1 Å². The highest BCUT2D eigenvalue weighted by molar-refractivity contribution is 7.85. The van der Waals surface area contributed by atoms with E-state index in [2.05, 4.69) is 11.2 Å². The van der Waals surface area contributed by atoms with Gasteiger partial charge < -0.3 is 15.0 Å². The molecular weight excluding hydrogens is 331 g/mol. The third-order valence-electron chi connectivity index (χ3n) is 3.66. The van der Waals surface area contributed by atoms with Crippen molar-refractivity contribution in [2.24, 2.45) is 0 Å². The lowest BCUT2D eigenvalue weighted by atomic mass is 10.2. The fraction of sp³-hybridized carbons (Fsp3) is 0.471. The molecule has 0 spiro atoms. The summed E-state index contributed by atoms with van der Waals surface area (Å²) in [6.07, 6.45) is 7.21. The van der Waals surface area contributed by atoms with E-state index in [0.717, 1.165) is 12.8 Å². The quantitative estimate of drug-likeness (QED) is 0.761. The Morgan fingerprint density at radius 3 is 2.96 bits per heavy atom. The number of carbonyl (C=O) groups excluding carboxylic acids is 1. The summed E-state index contributed by atoms with van der Waals surface area (Å²) in [6, 6.07) is 5.59. The molecule has 0 bridgehead atoms. The second-order valence-electron chi connectivity index (χ2n) is 5.43. The fourth-order valence-corrected chi connectivity index (χ4v) is 3.49. The maximum Gasteiger partial charge on any atom is 0.318 e. The molecule has 1 aliphatic rings. The standard InChI is InChI=1S/C17H21FN2O3S/c1-2-10-20(13-14-6-5-11-23-14)17(21)19-9-12-24(22)16-8-4-3-7-15(16)18/h1,3-4,7-8,14H,5-6,9-13H2,(H,19,21)/t14-,24+/m0/s1. The second-order valence-corrected chi connectivity index (χ2v) is 6.97. The smallest absolute Gasteiger partial charge is 0.318 e. The van der Waals surface area contributed by atoms with Crippen molar-refractivity contribution in [3.05, 3.63) is 30.1 Å². The van der Waals surface area contributed by atoms with Gasteiger partial charge >= 0.3 is 6.03 Å². The zero-order valence-corrected chi connectivity index (χ0v) is 14.2. The number of amides is 2. The Kier molecular flexibility index (Phi) is 7.22. The van der Waals surface area contributed by atoms with E-state index >= 15 is 0 Å². The number of carbonyl (C=O) groups is 1. The van der Waals surface area contributed by atoms with Crippen LogP contribution in [0.4, 0.5) is 9.18 Å². The van der Waals surface area contributed by atoms with E-state index in [1.54, 1.807) is 12.1 Å². The summed E-state index contributed by atoms with van der Waals surface area (Å²) in [5, 5.41) is 2.68. The highest BCUT2D eigenvalue weighted by Crippen LogP contribution is 2.13. The predicted molar refractivity (Wildman–Crippen MR) is 90.5 cm³/mol. The molecule has 5 nitrogen and oxygen atoms in total. The second kappa shape index (κ2) is 9.40. The Morgan fingerprint density at radius 2 is 2.29 bits per heavy atom. The molecule has 0 saturated carbocycles. The van der Waals surface area contributed by atoms with Gasteiger partial charge in [-0.15, -0.1) is 6.42 Å². The average Bonchev–Trinajstić information content (AvgIpc) is 3.07. The Morgan fingerprint density at radius 1 is 1.50 bits per heavy atom. The molecule has 1 aliphatic heterocycles. The van der Waals surface area contributed by atoms with E-state index in [-0.39, 0.29) is 35.9 Å². The average molecular weight is 352 g/mol. The highest BCUT2D eigenvalue weighted by atomic mass is 32.2. The van der Waals surface area contributed by atoms with E-state index in [1.807, 2.05) is 0 Å². The van der Waals surface area contributed by atoms with Crippen LogP contribution in [0.2, 0.25) is 0 Å². The maximum absolute atomic E-state index is 13.6. The molecule has 1 saturated heterocycles. The van der Waals surface area contributed by atoms with Crippen molar-refractivity contribution in [1.29, 1.82) is 0 Å². The first-order valence-electron chi connectivity index (χ1n) is 7.82. The predicted octanol–water partition coefficient (Wildman–Crippen LogP) is 1.76. The topological polar surface area (TPSA) is 58.6 Å². The summed E-state index contributed by atoms with van der Waals surface area (Å²) in [7, 11) is -1.51. The van der Waals surface area contributed by atoms with E-state index in [0.29, 0.717) is 13.2 Å². The Bertz CT molecular complexity index is 627. The van der Waals surface area contributed by atoms with Crippen molar-refractivity contribution >= 4 is 16.8 Å². The van der Waals surface area contributed by atoms with E-state index in [9.17, 15) is 13.4 Å². The molecule has 0 radical (unpaired) electrons. The highest BCUT2D eigenvalue weighted by Gasteiger charge is 2.22. The molecule has 0 aromatic heterocycles. The minimum atomic E-state index is -1.51. The summed E-state index contributed by atoms with van der Waals surface area (Å²) < 4.78 is 31.1. The first-order valence-corrected chi connectivity index (χ1v) is 9.14. The molecule has 0 aliphatic carbocycles. The molecule has 7 heteroatoms. The number of rotatable bonds is 7. The fourth-order valence-electron chi connectivity index (χ4n) is 2.47. The minimum absolute atomic E-state index is 0.0108. The number of ether oxygens (including phenoxy) is 1. The Balaban J connectivity index is 1.81. The van der Waals surface area contributed by atoms with Crippen molar-refractivity contribution in [2.75, 3.05) is 32.0 Å². The van der Waals surface area contributed by atoms with Crippen LogP contribution in [-0.4, -0.2) is 53.2 Å². The summed E-state index contributed by atoms with van der Waals surface area (Å²) >= 11 is 0. The van der Waals surface area contributed by atoms with Gasteiger partial charge in [-0.05, 0) is 25.0 Å². The molecule has 130 valence electrons. The zero-order chi connectivity index (χ0) is 17.4. The van der Waals surface area contributed by atoms with Crippen LogP contribution in [-0.2, 0) is 15.5 Å². The minimum Gasteiger partial charge on any atom is -0.376 e. The van der Waals surface area contributed by atoms with Gasteiger partial charge in [0.25, 0.3) is 0 Å². The van der Waals surface area contributed by atoms with Gasteiger partial charge in [0.15, 0.2) is 0 Å². The van der Waals surface area contributed by atoms with E-state index in [4.69, 9.17) is 11.2 Å². The molecule has 1 aromatic carbocycles. The van der Waals surface area contributed by atoms with Crippen molar-refractivity contribution in [2.45, 2.75) is 23.8 Å². The molecule has 0 unspecified atom stereocenters. The Labute approximate surface area is 144 Å². The first-order chi connectivity index (χ1) is 11.6. The van der Waals surface area contributed by atoms with Crippen molar-refractivity contribution < 1.29 is 18.1 Å². The van der Waals surface area contributed by atoms with Gasteiger partial charge in [-0.2, -0.15) is 0 Å². The zero-order valence-electron chi connectivity index (χ0n) is 13.4. The van der Waals surface area contributed by atoms with Crippen LogP contribution in [0.5, 0.6) is 0 Å². The van der Waals surface area contributed by atoms with Gasteiger partial charge in [-0.3, -0.25) is 4.21 Å². The van der Waals surface area contributed by atoms with E-state index in [1.165, 1.54) is 17.0 Å². The van der Waals surface area contributed by atoms with Crippen molar-refractivity contribution in [3.8, 4) is 12.3 Å². The van der Waals surface area contributed by atoms with Crippen LogP contribution >= 0.6 is 0 Å². The molecule has 2 atom stereocenters. The summed E-state index contributed by atoms with van der Waals surface area (Å²) in [5.74, 6) is 2.09. The van der Waals surface area contributed by atoms with Gasteiger partial charge in [0.1, 0.15) is 5.82 Å². The van der Waals surface area contributed by atoms with Crippen LogP contribution in [0, 0.1) is 18.2 Å². The van der Waals surface area contributed by atoms with Crippen molar-refractivity contribution in [1.82, 2.24) is 10.2 Å². The molecule has 1 aromatic rings. The van der Waals surface area contributed by atoms with Crippen LogP contribution in [0.1, 0.15) is 12.8 Å². The number of hydrogen-bond acceptors (Lipinski definition) is 3. The van der Waals surface area contributed by atoms with Gasteiger partial charge in [0.2, 0.25) is 0 Å². The number of hydrogen-bond donors (Lipinski definition) is 1. The third-order valence-corrected chi connectivity index (χ3v) is 5.06. The number of nitrogens with one attached hydrogen (secondary N) is 1. The number of halogens is 1. The van der Waals surface area contributed by atoms with Gasteiger partial charge in [0.05, 0.1) is 28.3 Å². The van der Waals surface area contributed by atoms with Crippen molar-refractivity contribution in [3.63, 3.8) is 0 Å². The molecule has 1 N–H and O–H groups in total. The van der Waals surface area contributed by atoms with Crippen LogP contribution in [0.25, 0.3) is 0 Å². The van der Waals surface area contributed by atoms with E-state index < -0.39 is 16.6 Å².